The summed E-state index contributed by atoms with van der Waals surface area (Å²) in [7, 11) is 0. The van der Waals surface area contributed by atoms with E-state index in [9.17, 15) is 4.79 Å². The summed E-state index contributed by atoms with van der Waals surface area (Å²) in [5.74, 6) is 2.69. The minimum Gasteiger partial charge on any atom is -0.338 e. The van der Waals surface area contributed by atoms with Crippen LogP contribution in [0.4, 0.5) is 0 Å². The summed E-state index contributed by atoms with van der Waals surface area (Å²) >= 11 is 2.03. The molecule has 0 bridgehead atoms. The van der Waals surface area contributed by atoms with Gasteiger partial charge in [-0.25, -0.2) is 0 Å². The highest BCUT2D eigenvalue weighted by molar-refractivity contribution is 7.99. The molecule has 25 heavy (non-hydrogen) atoms. The Morgan fingerprint density at radius 3 is 2.64 bits per heavy atom. The van der Waals surface area contributed by atoms with Crippen molar-refractivity contribution in [1.29, 1.82) is 0 Å². The van der Waals surface area contributed by atoms with E-state index in [1.807, 2.05) is 11.8 Å². The van der Waals surface area contributed by atoms with Crippen LogP contribution in [-0.2, 0) is 11.2 Å². The van der Waals surface area contributed by atoms with Gasteiger partial charge in [0.15, 0.2) is 0 Å². The first-order chi connectivity index (χ1) is 12.3. The van der Waals surface area contributed by atoms with Crippen LogP contribution in [0, 0.1) is 0 Å². The number of likely N-dealkylation sites (tertiary alicyclic amines) is 1. The Morgan fingerprint density at radius 1 is 1.04 bits per heavy atom. The van der Waals surface area contributed by atoms with Gasteiger partial charge < -0.3 is 9.80 Å². The number of benzene rings is 1. The quantitative estimate of drug-likeness (QED) is 0.770. The van der Waals surface area contributed by atoms with Gasteiger partial charge >= 0.3 is 0 Å². The first-order valence-electron chi connectivity index (χ1n) is 9.96. The van der Waals surface area contributed by atoms with Crippen LogP contribution in [0.5, 0.6) is 0 Å². The number of thioether (sulfide) groups is 1. The molecule has 2 aliphatic heterocycles. The standard InChI is InChI=1S/C21H32N2OS/c24-21(12-7-11-19-9-3-1-4-10-19)23-15-8-16-25-18-20(23)17-22-13-5-2-6-14-22/h1,3-4,9-10,20H,2,5-8,11-18H2. The number of carbonyl (C=O) groups excluding carboxylic acids is 1. The van der Waals surface area contributed by atoms with Crippen molar-refractivity contribution in [3.63, 3.8) is 0 Å². The lowest BCUT2D eigenvalue weighted by Gasteiger charge is -2.36. The fraction of sp³-hybridized carbons (Fsp3) is 0.667. The van der Waals surface area contributed by atoms with Crippen molar-refractivity contribution in [2.45, 2.75) is 51.0 Å². The Labute approximate surface area is 157 Å². The third-order valence-electron chi connectivity index (χ3n) is 5.38. The van der Waals surface area contributed by atoms with Gasteiger partial charge in [0.25, 0.3) is 0 Å². The number of amides is 1. The van der Waals surface area contributed by atoms with Crippen molar-refractivity contribution < 1.29 is 4.79 Å². The summed E-state index contributed by atoms with van der Waals surface area (Å²) < 4.78 is 0. The molecule has 3 rings (SSSR count). The van der Waals surface area contributed by atoms with Crippen LogP contribution >= 0.6 is 11.8 Å². The van der Waals surface area contributed by atoms with Gasteiger partial charge in [-0.15, -0.1) is 0 Å². The van der Waals surface area contributed by atoms with Crippen LogP contribution in [-0.4, -0.2) is 59.4 Å². The van der Waals surface area contributed by atoms with Crippen molar-refractivity contribution in [1.82, 2.24) is 9.80 Å². The smallest absolute Gasteiger partial charge is 0.222 e. The third-order valence-corrected chi connectivity index (χ3v) is 6.57. The molecule has 1 amide bonds. The Bertz CT molecular complexity index is 516. The Balaban J connectivity index is 1.51. The molecule has 2 aliphatic rings. The number of rotatable bonds is 6. The number of hydrogen-bond donors (Lipinski definition) is 0. The summed E-state index contributed by atoms with van der Waals surface area (Å²) in [5, 5.41) is 0. The maximum Gasteiger partial charge on any atom is 0.222 e. The SMILES string of the molecule is O=C(CCCc1ccccc1)N1CCCSCC1CN1CCCCC1. The van der Waals surface area contributed by atoms with Crippen molar-refractivity contribution in [2.75, 3.05) is 37.7 Å². The molecule has 3 nitrogen and oxygen atoms in total. The molecule has 2 heterocycles. The van der Waals surface area contributed by atoms with Crippen molar-refractivity contribution in [3.05, 3.63) is 35.9 Å². The summed E-state index contributed by atoms with van der Waals surface area (Å²) in [4.78, 5) is 17.7. The second kappa shape index (κ2) is 10.2. The molecule has 2 fully saturated rings. The molecule has 0 saturated carbocycles. The molecular formula is C21H32N2OS. The van der Waals surface area contributed by atoms with E-state index in [4.69, 9.17) is 0 Å². The lowest BCUT2D eigenvalue weighted by molar-refractivity contribution is -0.133. The molecular weight excluding hydrogens is 328 g/mol. The fourth-order valence-corrected chi connectivity index (χ4v) is 5.04. The molecule has 1 unspecified atom stereocenters. The lowest BCUT2D eigenvalue weighted by Crippen LogP contribution is -2.49. The first kappa shape index (κ1) is 18.8. The highest BCUT2D eigenvalue weighted by Gasteiger charge is 2.27. The average Bonchev–Trinajstić information content (AvgIpc) is 2.89. The molecule has 0 radical (unpaired) electrons. The molecule has 0 aliphatic carbocycles. The molecule has 1 aromatic carbocycles. The van der Waals surface area contributed by atoms with Crippen LogP contribution in [0.1, 0.15) is 44.1 Å². The van der Waals surface area contributed by atoms with Gasteiger partial charge in [-0.05, 0) is 56.5 Å². The first-order valence-corrected chi connectivity index (χ1v) is 11.1. The Hall–Kier alpha value is -1.00. The maximum absolute atomic E-state index is 12.9. The van der Waals surface area contributed by atoms with Crippen LogP contribution in [0.3, 0.4) is 0 Å². The van der Waals surface area contributed by atoms with E-state index in [0.29, 0.717) is 18.4 Å². The molecule has 0 aromatic heterocycles. The molecule has 0 N–H and O–H groups in total. The topological polar surface area (TPSA) is 23.6 Å². The predicted molar refractivity (Wildman–Crippen MR) is 107 cm³/mol. The minimum atomic E-state index is 0.375. The number of carbonyl (C=O) groups is 1. The number of hydrogen-bond acceptors (Lipinski definition) is 3. The normalized spacial score (nSPS) is 22.6. The van der Waals surface area contributed by atoms with E-state index < -0.39 is 0 Å². The molecule has 0 spiro atoms. The Morgan fingerprint density at radius 2 is 1.84 bits per heavy atom. The van der Waals surface area contributed by atoms with Gasteiger partial charge in [-0.3, -0.25) is 4.79 Å². The van der Waals surface area contributed by atoms with E-state index in [1.165, 1.54) is 43.7 Å². The van der Waals surface area contributed by atoms with Crippen LogP contribution in [0.25, 0.3) is 0 Å². The van der Waals surface area contributed by atoms with Gasteiger partial charge in [0.1, 0.15) is 0 Å². The lowest BCUT2D eigenvalue weighted by atomic mass is 10.1. The summed E-state index contributed by atoms with van der Waals surface area (Å²) in [6, 6.07) is 10.9. The zero-order chi connectivity index (χ0) is 17.3. The van der Waals surface area contributed by atoms with E-state index in [1.54, 1.807) is 0 Å². The van der Waals surface area contributed by atoms with Crippen molar-refractivity contribution in [2.24, 2.45) is 0 Å². The number of piperidine rings is 1. The van der Waals surface area contributed by atoms with E-state index in [0.717, 1.165) is 38.1 Å². The monoisotopic (exact) mass is 360 g/mol. The average molecular weight is 361 g/mol. The van der Waals surface area contributed by atoms with Crippen molar-refractivity contribution >= 4 is 17.7 Å². The molecule has 4 heteroatoms. The van der Waals surface area contributed by atoms with E-state index in [2.05, 4.69) is 40.1 Å². The zero-order valence-electron chi connectivity index (χ0n) is 15.4. The van der Waals surface area contributed by atoms with Crippen LogP contribution in [0.2, 0.25) is 0 Å². The van der Waals surface area contributed by atoms with Crippen molar-refractivity contribution in [3.8, 4) is 0 Å². The Kier molecular flexibility index (Phi) is 7.68. The number of nitrogens with zero attached hydrogens (tertiary/aromatic N) is 2. The van der Waals surface area contributed by atoms with Crippen LogP contribution < -0.4 is 0 Å². The van der Waals surface area contributed by atoms with E-state index in [-0.39, 0.29) is 0 Å². The molecule has 138 valence electrons. The highest BCUT2D eigenvalue weighted by atomic mass is 32.2. The molecule has 2 saturated heterocycles. The van der Waals surface area contributed by atoms with Gasteiger partial charge in [0.05, 0.1) is 6.04 Å². The second-order valence-electron chi connectivity index (χ2n) is 7.37. The largest absolute Gasteiger partial charge is 0.338 e. The second-order valence-corrected chi connectivity index (χ2v) is 8.52. The predicted octanol–water partition coefficient (Wildman–Crippen LogP) is 3.83. The van der Waals surface area contributed by atoms with Gasteiger partial charge in [-0.2, -0.15) is 11.8 Å². The molecule has 1 aromatic rings. The highest BCUT2D eigenvalue weighted by Crippen LogP contribution is 2.20. The van der Waals surface area contributed by atoms with Gasteiger partial charge in [0.2, 0.25) is 5.91 Å². The zero-order valence-corrected chi connectivity index (χ0v) is 16.2. The minimum absolute atomic E-state index is 0.375. The fourth-order valence-electron chi connectivity index (χ4n) is 3.98. The van der Waals surface area contributed by atoms with Gasteiger partial charge in [-0.1, -0.05) is 36.8 Å². The summed E-state index contributed by atoms with van der Waals surface area (Å²) in [6.07, 6.45) is 7.82. The summed E-state index contributed by atoms with van der Waals surface area (Å²) in [6.45, 7) is 4.47. The third kappa shape index (κ3) is 6.03. The summed E-state index contributed by atoms with van der Waals surface area (Å²) in [5.41, 5.74) is 1.34. The van der Waals surface area contributed by atoms with Crippen LogP contribution in [0.15, 0.2) is 30.3 Å². The van der Waals surface area contributed by atoms with E-state index >= 15 is 0 Å². The maximum atomic E-state index is 12.9. The molecule has 1 atom stereocenters. The van der Waals surface area contributed by atoms with Gasteiger partial charge in [0, 0.05) is 25.3 Å². The number of aryl methyl sites for hydroxylation is 1.